The normalized spacial score (nSPS) is 11.4. The van der Waals surface area contributed by atoms with Crippen LogP contribution in [0.15, 0.2) is 12.3 Å². The quantitative estimate of drug-likeness (QED) is 0.739. The summed E-state index contributed by atoms with van der Waals surface area (Å²) in [6.45, 7) is 0. The van der Waals surface area contributed by atoms with Gasteiger partial charge in [0.05, 0.1) is 13.3 Å². The molecule has 0 saturated heterocycles. The molecule has 72 valence electrons. The monoisotopic (exact) mass is 193 g/mol. The molecule has 0 aliphatic rings. The maximum Gasteiger partial charge on any atom is 0.437 e. The summed E-state index contributed by atoms with van der Waals surface area (Å²) in [6.07, 6.45) is -3.75. The number of alkyl halides is 3. The predicted octanol–water partition coefficient (Wildman–Crippen LogP) is 1.81. The highest BCUT2D eigenvalue weighted by atomic mass is 19.4. The molecule has 1 heterocycles. The number of hydrogen-bond acceptors (Lipinski definition) is 3. The summed E-state index contributed by atoms with van der Waals surface area (Å²) in [5.41, 5.74) is -1.31. The Labute approximate surface area is 71.8 Å². The molecule has 1 aromatic heterocycles. The lowest BCUT2D eigenvalue weighted by Gasteiger charge is -2.08. The van der Waals surface area contributed by atoms with Crippen molar-refractivity contribution >= 4 is 0 Å². The minimum Gasteiger partial charge on any atom is -0.506 e. The highest BCUT2D eigenvalue weighted by Gasteiger charge is 2.35. The highest BCUT2D eigenvalue weighted by Crippen LogP contribution is 2.35. The molecule has 0 bridgehead atoms. The van der Waals surface area contributed by atoms with E-state index in [0.717, 1.165) is 12.3 Å². The van der Waals surface area contributed by atoms with E-state index in [4.69, 9.17) is 5.11 Å². The van der Waals surface area contributed by atoms with Gasteiger partial charge in [0.2, 0.25) is 0 Å². The van der Waals surface area contributed by atoms with Gasteiger partial charge in [0, 0.05) is 6.07 Å². The van der Waals surface area contributed by atoms with E-state index in [1.165, 1.54) is 7.11 Å². The zero-order valence-corrected chi connectivity index (χ0v) is 6.59. The van der Waals surface area contributed by atoms with Gasteiger partial charge in [0.15, 0.2) is 5.69 Å². The van der Waals surface area contributed by atoms with Gasteiger partial charge in [-0.2, -0.15) is 13.2 Å². The number of ether oxygens (including phenoxy) is 1. The third-order valence-electron chi connectivity index (χ3n) is 1.35. The lowest BCUT2D eigenvalue weighted by Crippen LogP contribution is -2.08. The lowest BCUT2D eigenvalue weighted by atomic mass is 10.3. The maximum absolute atomic E-state index is 12.0. The van der Waals surface area contributed by atoms with Crippen LogP contribution in [0.5, 0.6) is 11.5 Å². The van der Waals surface area contributed by atoms with Crippen LogP contribution in [0.4, 0.5) is 13.2 Å². The summed E-state index contributed by atoms with van der Waals surface area (Å²) in [7, 11) is 1.27. The Kier molecular flexibility index (Phi) is 2.31. The van der Waals surface area contributed by atoms with E-state index in [9.17, 15) is 13.2 Å². The lowest BCUT2D eigenvalue weighted by molar-refractivity contribution is -0.142. The topological polar surface area (TPSA) is 42.4 Å². The number of methoxy groups -OCH3 is 1. The van der Waals surface area contributed by atoms with Crippen LogP contribution in [0.2, 0.25) is 0 Å². The first-order valence-corrected chi connectivity index (χ1v) is 3.25. The molecular weight excluding hydrogens is 187 g/mol. The third-order valence-corrected chi connectivity index (χ3v) is 1.35. The van der Waals surface area contributed by atoms with Crippen molar-refractivity contribution in [3.8, 4) is 11.5 Å². The molecule has 6 heteroatoms. The number of hydrogen-bond donors (Lipinski definition) is 1. The number of nitrogens with zero attached hydrogens (tertiary/aromatic N) is 1. The van der Waals surface area contributed by atoms with Crippen LogP contribution in [-0.2, 0) is 6.18 Å². The minimum atomic E-state index is -4.64. The van der Waals surface area contributed by atoms with Gasteiger partial charge in [0.25, 0.3) is 0 Å². The average Bonchev–Trinajstić information content (AvgIpc) is 2.01. The van der Waals surface area contributed by atoms with Crippen LogP contribution in [0.1, 0.15) is 5.69 Å². The average molecular weight is 193 g/mol. The van der Waals surface area contributed by atoms with Crippen LogP contribution in [0, 0.1) is 0 Å². The predicted molar refractivity (Wildman–Crippen MR) is 37.5 cm³/mol. The minimum absolute atomic E-state index is 0.0745. The first-order chi connectivity index (χ1) is 5.95. The Balaban J connectivity index is 3.13. The maximum atomic E-state index is 12.0. The number of aromatic nitrogens is 1. The van der Waals surface area contributed by atoms with E-state index in [0.29, 0.717) is 0 Å². The van der Waals surface area contributed by atoms with Crippen molar-refractivity contribution in [1.82, 2.24) is 4.98 Å². The Morgan fingerprint density at radius 2 is 2.08 bits per heavy atom. The zero-order valence-electron chi connectivity index (χ0n) is 6.59. The molecule has 0 spiro atoms. The first-order valence-electron chi connectivity index (χ1n) is 3.25. The largest absolute Gasteiger partial charge is 0.506 e. The summed E-state index contributed by atoms with van der Waals surface area (Å²) in [5, 5.41) is 8.90. The summed E-state index contributed by atoms with van der Waals surface area (Å²) < 4.78 is 40.6. The van der Waals surface area contributed by atoms with Crippen molar-refractivity contribution in [2.75, 3.05) is 7.11 Å². The van der Waals surface area contributed by atoms with Gasteiger partial charge >= 0.3 is 6.18 Å². The van der Waals surface area contributed by atoms with E-state index in [1.54, 1.807) is 0 Å². The molecule has 1 N–H and O–H groups in total. The Morgan fingerprint density at radius 1 is 1.46 bits per heavy atom. The summed E-state index contributed by atoms with van der Waals surface area (Å²) in [4.78, 5) is 3.02. The van der Waals surface area contributed by atoms with Gasteiger partial charge < -0.3 is 9.84 Å². The molecule has 0 amide bonds. The van der Waals surface area contributed by atoms with Crippen molar-refractivity contribution < 1.29 is 23.0 Å². The number of halogens is 3. The molecule has 3 nitrogen and oxygen atoms in total. The van der Waals surface area contributed by atoms with Crippen molar-refractivity contribution in [3.05, 3.63) is 18.0 Å². The molecule has 0 aliphatic heterocycles. The van der Waals surface area contributed by atoms with Gasteiger partial charge in [-0.25, -0.2) is 4.98 Å². The van der Waals surface area contributed by atoms with Crippen LogP contribution >= 0.6 is 0 Å². The molecule has 0 fully saturated rings. The fraction of sp³-hybridized carbons (Fsp3) is 0.286. The van der Waals surface area contributed by atoms with E-state index in [1.807, 2.05) is 0 Å². The SMILES string of the molecule is COc1cnc(C(F)(F)F)c(O)c1. The van der Waals surface area contributed by atoms with Crippen molar-refractivity contribution in [3.63, 3.8) is 0 Å². The standard InChI is InChI=1S/C7H6F3NO2/c1-13-4-2-5(12)6(11-3-4)7(8,9)10/h2-3,12H,1H3. The second kappa shape index (κ2) is 3.12. The molecule has 0 saturated carbocycles. The van der Waals surface area contributed by atoms with Gasteiger partial charge in [-0.05, 0) is 0 Å². The summed E-state index contributed by atoms with van der Waals surface area (Å²) >= 11 is 0. The van der Waals surface area contributed by atoms with E-state index >= 15 is 0 Å². The third kappa shape index (κ3) is 2.01. The van der Waals surface area contributed by atoms with Gasteiger partial charge in [-0.15, -0.1) is 0 Å². The van der Waals surface area contributed by atoms with Crippen LogP contribution in [0.25, 0.3) is 0 Å². The Hall–Kier alpha value is -1.46. The first kappa shape index (κ1) is 9.63. The molecule has 1 rings (SSSR count). The molecule has 0 aliphatic carbocycles. The summed E-state index contributed by atoms with van der Waals surface area (Å²) in [5.74, 6) is -0.864. The van der Waals surface area contributed by atoms with E-state index < -0.39 is 17.6 Å². The molecule has 1 aromatic rings. The van der Waals surface area contributed by atoms with Crippen LogP contribution in [-0.4, -0.2) is 17.2 Å². The molecule has 0 aromatic carbocycles. The molecule has 13 heavy (non-hydrogen) atoms. The molecule has 0 unspecified atom stereocenters. The number of aromatic hydroxyl groups is 1. The second-order valence-electron chi connectivity index (χ2n) is 2.24. The van der Waals surface area contributed by atoms with Crippen molar-refractivity contribution in [1.29, 1.82) is 0 Å². The van der Waals surface area contributed by atoms with Crippen molar-refractivity contribution in [2.24, 2.45) is 0 Å². The highest BCUT2D eigenvalue weighted by molar-refractivity contribution is 5.35. The Bertz CT molecular complexity index is 311. The van der Waals surface area contributed by atoms with Crippen LogP contribution in [0.3, 0.4) is 0 Å². The second-order valence-corrected chi connectivity index (χ2v) is 2.24. The van der Waals surface area contributed by atoms with Gasteiger partial charge in [-0.1, -0.05) is 0 Å². The molecule has 0 atom stereocenters. The van der Waals surface area contributed by atoms with Crippen molar-refractivity contribution in [2.45, 2.75) is 6.18 Å². The molecule has 0 radical (unpaired) electrons. The van der Waals surface area contributed by atoms with E-state index in [-0.39, 0.29) is 5.75 Å². The smallest absolute Gasteiger partial charge is 0.437 e. The summed E-state index contributed by atoms with van der Waals surface area (Å²) in [6, 6.07) is 0.857. The van der Waals surface area contributed by atoms with E-state index in [2.05, 4.69) is 9.72 Å². The fourth-order valence-electron chi connectivity index (χ4n) is 0.765. The fourth-order valence-corrected chi connectivity index (χ4v) is 0.765. The Morgan fingerprint density at radius 3 is 2.46 bits per heavy atom. The van der Waals surface area contributed by atoms with Crippen LogP contribution < -0.4 is 4.74 Å². The number of rotatable bonds is 1. The zero-order chi connectivity index (χ0) is 10.1. The van der Waals surface area contributed by atoms with Gasteiger partial charge in [-0.3, -0.25) is 0 Å². The number of pyridine rings is 1. The molecular formula is C7H6F3NO2. The van der Waals surface area contributed by atoms with Gasteiger partial charge in [0.1, 0.15) is 11.5 Å².